The van der Waals surface area contributed by atoms with Crippen molar-refractivity contribution in [3.63, 3.8) is 0 Å². The summed E-state index contributed by atoms with van der Waals surface area (Å²) in [6, 6.07) is 20.9. The van der Waals surface area contributed by atoms with Crippen LogP contribution in [0.15, 0.2) is 85.5 Å². The van der Waals surface area contributed by atoms with E-state index < -0.39 is 6.23 Å². The Kier molecular flexibility index (Phi) is 5.63. The van der Waals surface area contributed by atoms with Crippen molar-refractivity contribution in [1.82, 2.24) is 25.1 Å². The van der Waals surface area contributed by atoms with E-state index in [4.69, 9.17) is 0 Å². The Bertz CT molecular complexity index is 1730. The molecule has 7 rings (SSSR count). The zero-order valence-electron chi connectivity index (χ0n) is 20.9. The molecule has 1 aliphatic rings. The molecule has 7 heteroatoms. The number of nitrogens with one attached hydrogen (secondary N) is 3. The van der Waals surface area contributed by atoms with E-state index in [0.717, 1.165) is 74.0 Å². The molecule has 1 aliphatic carbocycles. The molecule has 0 bridgehead atoms. The number of aliphatic hydroxyl groups excluding tert-OH is 1. The molecule has 1 atom stereocenters. The SMILES string of the molecule is OC(Nc1cncc(-c2ccc3[nH]nc(-c4cc5c(-c6ccncc6)cccc5[nH]4)c3c2)c1)C1CCCC1. The van der Waals surface area contributed by atoms with Gasteiger partial charge in [-0.15, -0.1) is 0 Å². The predicted octanol–water partition coefficient (Wildman–Crippen LogP) is 6.76. The summed E-state index contributed by atoms with van der Waals surface area (Å²) in [5.74, 6) is 0.305. The molecule has 188 valence electrons. The lowest BCUT2D eigenvalue weighted by Crippen LogP contribution is -2.26. The summed E-state index contributed by atoms with van der Waals surface area (Å²) in [5.41, 5.74) is 9.00. The first-order valence-corrected chi connectivity index (χ1v) is 13.1. The third-order valence-electron chi connectivity index (χ3n) is 7.71. The van der Waals surface area contributed by atoms with Gasteiger partial charge >= 0.3 is 0 Å². The lowest BCUT2D eigenvalue weighted by atomic mass is 10.0. The number of rotatable bonds is 6. The zero-order valence-corrected chi connectivity index (χ0v) is 20.9. The Morgan fingerprint density at radius 3 is 2.55 bits per heavy atom. The van der Waals surface area contributed by atoms with E-state index in [2.05, 4.69) is 79.0 Å². The Balaban J connectivity index is 1.24. The molecule has 1 unspecified atom stereocenters. The fraction of sp³-hybridized carbons (Fsp3) is 0.194. The number of nitrogens with zero attached hydrogens (tertiary/aromatic N) is 3. The first-order valence-electron chi connectivity index (χ1n) is 13.1. The Morgan fingerprint density at radius 2 is 1.68 bits per heavy atom. The number of fused-ring (bicyclic) bond motifs is 2. The van der Waals surface area contributed by atoms with Gasteiger partial charge in [0.05, 0.1) is 23.1 Å². The second kappa shape index (κ2) is 9.43. The summed E-state index contributed by atoms with van der Waals surface area (Å²) < 4.78 is 0. The monoisotopic (exact) mass is 500 g/mol. The van der Waals surface area contributed by atoms with Crippen molar-refractivity contribution in [2.45, 2.75) is 31.9 Å². The van der Waals surface area contributed by atoms with Gasteiger partial charge in [0.15, 0.2) is 0 Å². The van der Waals surface area contributed by atoms with E-state index in [-0.39, 0.29) is 0 Å². The smallest absolute Gasteiger partial charge is 0.127 e. The van der Waals surface area contributed by atoms with Crippen molar-refractivity contribution >= 4 is 27.5 Å². The summed E-state index contributed by atoms with van der Waals surface area (Å²) in [5, 5.41) is 23.9. The molecular formula is C31H28N6O. The third kappa shape index (κ3) is 4.11. The van der Waals surface area contributed by atoms with Gasteiger partial charge in [-0.25, -0.2) is 0 Å². The van der Waals surface area contributed by atoms with Crippen LogP contribution in [0.1, 0.15) is 25.7 Å². The molecule has 0 aliphatic heterocycles. The van der Waals surface area contributed by atoms with Crippen LogP contribution in [-0.2, 0) is 0 Å². The van der Waals surface area contributed by atoms with Crippen LogP contribution >= 0.6 is 0 Å². The summed E-state index contributed by atoms with van der Waals surface area (Å²) in [4.78, 5) is 12.2. The third-order valence-corrected chi connectivity index (χ3v) is 7.71. The predicted molar refractivity (Wildman–Crippen MR) is 151 cm³/mol. The highest BCUT2D eigenvalue weighted by molar-refractivity contribution is 6.01. The maximum Gasteiger partial charge on any atom is 0.127 e. The lowest BCUT2D eigenvalue weighted by Gasteiger charge is -2.20. The van der Waals surface area contributed by atoms with Gasteiger partial charge in [0, 0.05) is 46.4 Å². The molecule has 4 N–H and O–H groups in total. The number of hydrogen-bond donors (Lipinski definition) is 4. The lowest BCUT2D eigenvalue weighted by molar-refractivity contribution is 0.137. The molecule has 7 nitrogen and oxygen atoms in total. The molecule has 2 aromatic carbocycles. The molecular weight excluding hydrogens is 472 g/mol. The number of aromatic nitrogens is 5. The van der Waals surface area contributed by atoms with Crippen molar-refractivity contribution in [1.29, 1.82) is 0 Å². The molecule has 1 saturated carbocycles. The molecule has 38 heavy (non-hydrogen) atoms. The largest absolute Gasteiger partial charge is 0.374 e. The van der Waals surface area contributed by atoms with Crippen LogP contribution in [0, 0.1) is 5.92 Å². The first kappa shape index (κ1) is 22.7. The standard InChI is InChI=1S/C31H28N6O/c38-31(20-4-1-2-5-20)34-23-14-22(17-33-18-23)21-8-9-28-26(15-21)30(37-36-28)29-16-25-24(6-3-7-27(25)35-29)19-10-12-32-13-11-19/h3,6-18,20,31,34-35,38H,1-2,4-5H2,(H,36,37). The van der Waals surface area contributed by atoms with Gasteiger partial charge in [-0.2, -0.15) is 5.10 Å². The normalized spacial score (nSPS) is 14.9. The van der Waals surface area contributed by atoms with E-state index in [1.165, 1.54) is 12.8 Å². The first-order chi connectivity index (χ1) is 18.7. The number of aromatic amines is 2. The number of aliphatic hydroxyl groups is 1. The van der Waals surface area contributed by atoms with Crippen LogP contribution in [0.4, 0.5) is 5.69 Å². The van der Waals surface area contributed by atoms with Gasteiger partial charge < -0.3 is 15.4 Å². The number of benzene rings is 2. The Hall–Kier alpha value is -4.49. The van der Waals surface area contributed by atoms with Crippen LogP contribution in [0.25, 0.3) is 55.4 Å². The second-order valence-corrected chi connectivity index (χ2v) is 10.1. The quantitative estimate of drug-likeness (QED) is 0.189. The van der Waals surface area contributed by atoms with Crippen molar-refractivity contribution in [3.8, 4) is 33.6 Å². The number of H-pyrrole nitrogens is 2. The second-order valence-electron chi connectivity index (χ2n) is 10.1. The zero-order chi connectivity index (χ0) is 25.5. The van der Waals surface area contributed by atoms with Gasteiger partial charge in [-0.3, -0.25) is 15.1 Å². The minimum absolute atomic E-state index is 0.305. The minimum atomic E-state index is -0.545. The summed E-state index contributed by atoms with van der Waals surface area (Å²) in [6.07, 6.45) is 11.2. The topological polar surface area (TPSA) is 103 Å². The Morgan fingerprint density at radius 1 is 0.816 bits per heavy atom. The van der Waals surface area contributed by atoms with Crippen molar-refractivity contribution in [2.24, 2.45) is 5.92 Å². The number of pyridine rings is 2. The molecule has 4 heterocycles. The number of anilines is 1. The molecule has 0 radical (unpaired) electrons. The van der Waals surface area contributed by atoms with E-state index in [9.17, 15) is 5.11 Å². The fourth-order valence-electron chi connectivity index (χ4n) is 5.70. The molecule has 4 aromatic heterocycles. The van der Waals surface area contributed by atoms with Crippen LogP contribution in [0.3, 0.4) is 0 Å². The van der Waals surface area contributed by atoms with Crippen molar-refractivity contribution in [2.75, 3.05) is 5.32 Å². The van der Waals surface area contributed by atoms with E-state index >= 15 is 0 Å². The molecule has 0 saturated heterocycles. The maximum absolute atomic E-state index is 10.6. The van der Waals surface area contributed by atoms with Crippen molar-refractivity contribution < 1.29 is 5.11 Å². The molecule has 0 spiro atoms. The van der Waals surface area contributed by atoms with Gasteiger partial charge in [0.25, 0.3) is 0 Å². The summed E-state index contributed by atoms with van der Waals surface area (Å²) in [7, 11) is 0. The van der Waals surface area contributed by atoms with Crippen LogP contribution in [0.2, 0.25) is 0 Å². The van der Waals surface area contributed by atoms with Gasteiger partial charge in [0.2, 0.25) is 0 Å². The Labute approximate surface area is 220 Å². The van der Waals surface area contributed by atoms with Crippen LogP contribution in [0.5, 0.6) is 0 Å². The highest BCUT2D eigenvalue weighted by atomic mass is 16.3. The average molecular weight is 501 g/mol. The summed E-state index contributed by atoms with van der Waals surface area (Å²) in [6.45, 7) is 0. The van der Waals surface area contributed by atoms with Crippen LogP contribution in [-0.4, -0.2) is 36.5 Å². The van der Waals surface area contributed by atoms with Gasteiger partial charge in [0.1, 0.15) is 11.9 Å². The maximum atomic E-state index is 10.6. The minimum Gasteiger partial charge on any atom is -0.374 e. The van der Waals surface area contributed by atoms with E-state index in [1.807, 2.05) is 30.7 Å². The van der Waals surface area contributed by atoms with Gasteiger partial charge in [-0.1, -0.05) is 31.0 Å². The molecule has 0 amide bonds. The summed E-state index contributed by atoms with van der Waals surface area (Å²) >= 11 is 0. The highest BCUT2D eigenvalue weighted by Crippen LogP contribution is 2.35. The molecule has 1 fully saturated rings. The number of hydrogen-bond acceptors (Lipinski definition) is 5. The van der Waals surface area contributed by atoms with Crippen molar-refractivity contribution in [3.05, 3.63) is 85.5 Å². The van der Waals surface area contributed by atoms with E-state index in [1.54, 1.807) is 6.20 Å². The van der Waals surface area contributed by atoms with Crippen LogP contribution < -0.4 is 5.32 Å². The fourth-order valence-corrected chi connectivity index (χ4v) is 5.70. The van der Waals surface area contributed by atoms with Gasteiger partial charge in [-0.05, 0) is 72.0 Å². The average Bonchev–Trinajstić information content (AvgIpc) is 3.73. The molecule has 6 aromatic rings. The highest BCUT2D eigenvalue weighted by Gasteiger charge is 2.23. The van der Waals surface area contributed by atoms with E-state index in [0.29, 0.717) is 5.92 Å².